The number of amides is 2. The highest BCUT2D eigenvalue weighted by atomic mass is 35.5. The number of nitrogens with one attached hydrogen (secondary N) is 2. The molecule has 0 spiro atoms. The monoisotopic (exact) mass is 404 g/mol. The molecule has 1 unspecified atom stereocenters. The molecule has 2 rings (SSSR count). The second kappa shape index (κ2) is 9.80. The number of halogens is 1. The van der Waals surface area contributed by atoms with Crippen LogP contribution in [-0.2, 0) is 14.4 Å². The molecular weight excluding hydrogens is 388 g/mol. The second-order valence-corrected chi connectivity index (χ2v) is 7.30. The van der Waals surface area contributed by atoms with Gasteiger partial charge in [-0.05, 0) is 43.3 Å². The van der Waals surface area contributed by atoms with Gasteiger partial charge in [0.05, 0.1) is 5.25 Å². The van der Waals surface area contributed by atoms with Crippen LogP contribution < -0.4 is 10.6 Å². The van der Waals surface area contributed by atoms with Crippen molar-refractivity contribution >= 4 is 52.5 Å². The summed E-state index contributed by atoms with van der Waals surface area (Å²) in [6.07, 6.45) is 1.69. The predicted molar refractivity (Wildman–Crippen MR) is 107 cm³/mol. The number of anilines is 2. The fourth-order valence-electron chi connectivity index (χ4n) is 2.05. The van der Waals surface area contributed by atoms with Crippen molar-refractivity contribution < 1.29 is 19.5 Å². The molecule has 8 heteroatoms. The van der Waals surface area contributed by atoms with E-state index >= 15 is 0 Å². The van der Waals surface area contributed by atoms with Crippen LogP contribution in [0.4, 0.5) is 11.4 Å². The normalized spacial score (nSPS) is 11.8. The van der Waals surface area contributed by atoms with Gasteiger partial charge in [0.1, 0.15) is 0 Å². The molecule has 0 saturated carbocycles. The number of hydrogen-bond donors (Lipinski definition) is 3. The van der Waals surface area contributed by atoms with E-state index in [-0.39, 0.29) is 11.2 Å². The molecule has 0 fully saturated rings. The van der Waals surface area contributed by atoms with Gasteiger partial charge in [-0.1, -0.05) is 23.7 Å². The molecule has 1 atom stereocenters. The van der Waals surface area contributed by atoms with Crippen LogP contribution >= 0.6 is 23.4 Å². The van der Waals surface area contributed by atoms with Gasteiger partial charge in [-0.2, -0.15) is 0 Å². The smallest absolute Gasteiger partial charge is 0.328 e. The van der Waals surface area contributed by atoms with Gasteiger partial charge in [0, 0.05) is 33.4 Å². The number of rotatable bonds is 7. The summed E-state index contributed by atoms with van der Waals surface area (Å²) in [5.41, 5.74) is 1.12. The van der Waals surface area contributed by atoms with Crippen molar-refractivity contribution in [1.29, 1.82) is 0 Å². The molecule has 0 saturated heterocycles. The molecule has 140 valence electrons. The van der Waals surface area contributed by atoms with Crippen molar-refractivity contribution in [2.24, 2.45) is 0 Å². The SMILES string of the molecule is CC(Sc1cccc(NC(=O)/C=C/C(=O)O)c1)C(=O)Nc1cccc(Cl)c1. The van der Waals surface area contributed by atoms with Crippen molar-refractivity contribution in [3.8, 4) is 0 Å². The number of carboxylic acid groups (broad SMARTS) is 1. The molecule has 0 bridgehead atoms. The first-order chi connectivity index (χ1) is 12.8. The lowest BCUT2D eigenvalue weighted by atomic mass is 10.3. The molecule has 2 aromatic rings. The van der Waals surface area contributed by atoms with Crippen molar-refractivity contribution in [3.63, 3.8) is 0 Å². The molecule has 6 nitrogen and oxygen atoms in total. The minimum Gasteiger partial charge on any atom is -0.478 e. The van der Waals surface area contributed by atoms with Crippen molar-refractivity contribution in [1.82, 2.24) is 0 Å². The van der Waals surface area contributed by atoms with Crippen LogP contribution in [0.1, 0.15) is 6.92 Å². The van der Waals surface area contributed by atoms with E-state index in [4.69, 9.17) is 16.7 Å². The zero-order chi connectivity index (χ0) is 19.8. The van der Waals surface area contributed by atoms with Gasteiger partial charge in [0.15, 0.2) is 0 Å². The van der Waals surface area contributed by atoms with Crippen LogP contribution in [0.3, 0.4) is 0 Å². The quantitative estimate of drug-likeness (QED) is 0.478. The zero-order valence-corrected chi connectivity index (χ0v) is 15.9. The average molecular weight is 405 g/mol. The Morgan fingerprint density at radius 2 is 1.70 bits per heavy atom. The minimum atomic E-state index is -1.20. The summed E-state index contributed by atoms with van der Waals surface area (Å²) >= 11 is 7.23. The molecule has 27 heavy (non-hydrogen) atoms. The molecule has 0 aliphatic heterocycles. The lowest BCUT2D eigenvalue weighted by Crippen LogP contribution is -2.22. The van der Waals surface area contributed by atoms with Crippen LogP contribution in [0.5, 0.6) is 0 Å². The molecule has 0 heterocycles. The molecule has 2 aromatic carbocycles. The summed E-state index contributed by atoms with van der Waals surface area (Å²) in [6, 6.07) is 13.8. The first-order valence-electron chi connectivity index (χ1n) is 7.88. The van der Waals surface area contributed by atoms with Gasteiger partial charge >= 0.3 is 5.97 Å². The molecular formula is C19H17ClN2O4S. The molecule has 0 radical (unpaired) electrons. The second-order valence-electron chi connectivity index (χ2n) is 5.45. The fourth-order valence-corrected chi connectivity index (χ4v) is 3.16. The average Bonchev–Trinajstić information content (AvgIpc) is 2.60. The Labute approximate surface area is 165 Å². The maximum Gasteiger partial charge on any atom is 0.328 e. The molecule has 3 N–H and O–H groups in total. The van der Waals surface area contributed by atoms with Gasteiger partial charge in [0.25, 0.3) is 0 Å². The molecule has 0 aliphatic carbocycles. The third-order valence-corrected chi connectivity index (χ3v) is 4.58. The van der Waals surface area contributed by atoms with Crippen LogP contribution in [-0.4, -0.2) is 28.1 Å². The number of aliphatic carboxylic acids is 1. The van der Waals surface area contributed by atoms with Gasteiger partial charge in [-0.25, -0.2) is 4.79 Å². The molecule has 0 aliphatic rings. The predicted octanol–water partition coefficient (Wildman–Crippen LogP) is 4.04. The zero-order valence-electron chi connectivity index (χ0n) is 14.3. The highest BCUT2D eigenvalue weighted by Gasteiger charge is 2.15. The van der Waals surface area contributed by atoms with E-state index in [2.05, 4.69) is 10.6 Å². The van der Waals surface area contributed by atoms with E-state index in [9.17, 15) is 14.4 Å². The lowest BCUT2D eigenvalue weighted by Gasteiger charge is -2.13. The van der Waals surface area contributed by atoms with Gasteiger partial charge in [0.2, 0.25) is 11.8 Å². The summed E-state index contributed by atoms with van der Waals surface area (Å²) in [6.45, 7) is 1.77. The molecule has 2 amide bonds. The van der Waals surface area contributed by atoms with Crippen molar-refractivity contribution in [2.45, 2.75) is 17.1 Å². The largest absolute Gasteiger partial charge is 0.478 e. The number of benzene rings is 2. The van der Waals surface area contributed by atoms with E-state index < -0.39 is 11.9 Å². The summed E-state index contributed by atoms with van der Waals surface area (Å²) < 4.78 is 0. The van der Waals surface area contributed by atoms with E-state index in [1.807, 2.05) is 6.07 Å². The number of thioether (sulfide) groups is 1. The van der Waals surface area contributed by atoms with Gasteiger partial charge < -0.3 is 15.7 Å². The van der Waals surface area contributed by atoms with Gasteiger partial charge in [-0.3, -0.25) is 9.59 Å². The Balaban J connectivity index is 1.97. The topological polar surface area (TPSA) is 95.5 Å². The number of carbonyl (C=O) groups is 3. The summed E-state index contributed by atoms with van der Waals surface area (Å²) in [4.78, 5) is 35.2. The number of carbonyl (C=O) groups excluding carboxylic acids is 2. The van der Waals surface area contributed by atoms with Crippen molar-refractivity contribution in [3.05, 3.63) is 65.7 Å². The van der Waals surface area contributed by atoms with Crippen LogP contribution in [0.2, 0.25) is 5.02 Å². The third-order valence-electron chi connectivity index (χ3n) is 3.25. The first-order valence-corrected chi connectivity index (χ1v) is 9.14. The van der Waals surface area contributed by atoms with E-state index in [1.54, 1.807) is 49.4 Å². The van der Waals surface area contributed by atoms with E-state index in [0.29, 0.717) is 16.4 Å². The lowest BCUT2D eigenvalue weighted by molar-refractivity contribution is -0.131. The van der Waals surface area contributed by atoms with Crippen molar-refractivity contribution in [2.75, 3.05) is 10.6 Å². The molecule has 0 aromatic heterocycles. The standard InChI is InChI=1S/C19H17ClN2O4S/c1-12(19(26)22-14-5-2-4-13(20)10-14)27-16-7-3-6-15(11-16)21-17(23)8-9-18(24)25/h2-12H,1H3,(H,21,23)(H,22,26)(H,24,25)/b9-8+. The maximum absolute atomic E-state index is 12.3. The fraction of sp³-hybridized carbons (Fsp3) is 0.105. The van der Waals surface area contributed by atoms with E-state index in [0.717, 1.165) is 17.0 Å². The number of hydrogen-bond acceptors (Lipinski definition) is 4. The van der Waals surface area contributed by atoms with Crippen LogP contribution in [0, 0.1) is 0 Å². The maximum atomic E-state index is 12.3. The Kier molecular flexibility index (Phi) is 7.45. The Bertz CT molecular complexity index is 886. The highest BCUT2D eigenvalue weighted by Crippen LogP contribution is 2.27. The van der Waals surface area contributed by atoms with Gasteiger partial charge in [-0.15, -0.1) is 11.8 Å². The third kappa shape index (κ3) is 7.16. The van der Waals surface area contributed by atoms with E-state index in [1.165, 1.54) is 11.8 Å². The number of carboxylic acids is 1. The highest BCUT2D eigenvalue weighted by molar-refractivity contribution is 8.00. The van der Waals surface area contributed by atoms with Crippen LogP contribution in [0.25, 0.3) is 0 Å². The summed E-state index contributed by atoms with van der Waals surface area (Å²) in [5.74, 6) is -1.93. The Morgan fingerprint density at radius 1 is 1.04 bits per heavy atom. The van der Waals surface area contributed by atoms with Crippen LogP contribution in [0.15, 0.2) is 65.6 Å². The minimum absolute atomic E-state index is 0.180. The Hall–Kier alpha value is -2.77. The first kappa shape index (κ1) is 20.5. The Morgan fingerprint density at radius 3 is 2.37 bits per heavy atom. The summed E-state index contributed by atoms with van der Waals surface area (Å²) in [5, 5.41) is 14.0. The summed E-state index contributed by atoms with van der Waals surface area (Å²) in [7, 11) is 0.